The molecular weight excluding hydrogens is 504 g/mol. The summed E-state index contributed by atoms with van der Waals surface area (Å²) in [7, 11) is 0. The van der Waals surface area contributed by atoms with E-state index in [1.165, 1.54) is 76.8 Å². The first-order chi connectivity index (χ1) is 20.8. The molecule has 8 aromatic carbocycles. The van der Waals surface area contributed by atoms with Crippen LogP contribution in [-0.4, -0.2) is 0 Å². The van der Waals surface area contributed by atoms with Crippen molar-refractivity contribution in [2.24, 2.45) is 0 Å². The van der Waals surface area contributed by atoms with Crippen molar-refractivity contribution in [3.8, 4) is 44.5 Å². The summed E-state index contributed by atoms with van der Waals surface area (Å²) < 4.78 is 0. The van der Waals surface area contributed by atoms with Crippen molar-refractivity contribution in [3.63, 3.8) is 0 Å². The van der Waals surface area contributed by atoms with Crippen molar-refractivity contribution in [3.05, 3.63) is 170 Å². The molecule has 0 fully saturated rings. The smallest absolute Gasteiger partial charge is 0.00928 e. The Morgan fingerprint density at radius 3 is 0.905 bits per heavy atom. The van der Waals surface area contributed by atoms with Gasteiger partial charge < -0.3 is 0 Å². The van der Waals surface area contributed by atoms with Crippen LogP contribution in [0.1, 0.15) is 0 Å². The number of hydrogen-bond donors (Lipinski definition) is 0. The summed E-state index contributed by atoms with van der Waals surface area (Å²) in [5, 5.41) is 7.74. The zero-order valence-corrected chi connectivity index (χ0v) is 23.2. The molecule has 0 saturated carbocycles. The van der Waals surface area contributed by atoms with Crippen LogP contribution >= 0.6 is 0 Å². The monoisotopic (exact) mass is 532 g/mol. The quantitative estimate of drug-likeness (QED) is 0.198. The third kappa shape index (κ3) is 4.26. The van der Waals surface area contributed by atoms with Gasteiger partial charge in [0, 0.05) is 0 Å². The number of hydrogen-bond acceptors (Lipinski definition) is 0. The molecule has 0 heteroatoms. The summed E-state index contributed by atoms with van der Waals surface area (Å²) in [5.74, 6) is 0. The van der Waals surface area contributed by atoms with Gasteiger partial charge in [0.1, 0.15) is 0 Å². The van der Waals surface area contributed by atoms with Gasteiger partial charge in [-0.2, -0.15) is 0 Å². The maximum atomic E-state index is 2.37. The lowest BCUT2D eigenvalue weighted by atomic mass is 9.90. The highest BCUT2D eigenvalue weighted by atomic mass is 14.2. The molecule has 0 N–H and O–H groups in total. The van der Waals surface area contributed by atoms with Crippen LogP contribution in [0.25, 0.3) is 76.8 Å². The van der Waals surface area contributed by atoms with Crippen LogP contribution in [0.2, 0.25) is 0 Å². The minimum atomic E-state index is 1.23. The third-order valence-electron chi connectivity index (χ3n) is 8.44. The summed E-state index contributed by atoms with van der Waals surface area (Å²) in [6, 6.07) is 61.7. The van der Waals surface area contributed by atoms with Crippen LogP contribution in [-0.2, 0) is 0 Å². The van der Waals surface area contributed by atoms with Crippen LogP contribution in [0.15, 0.2) is 170 Å². The van der Waals surface area contributed by atoms with E-state index in [2.05, 4.69) is 170 Å². The van der Waals surface area contributed by atoms with Gasteiger partial charge in [0.05, 0.1) is 0 Å². The lowest BCUT2D eigenvalue weighted by molar-refractivity contribution is 1.60. The average molecular weight is 533 g/mol. The Labute approximate surface area is 246 Å². The maximum absolute atomic E-state index is 2.37. The van der Waals surface area contributed by atoms with Crippen LogP contribution in [0, 0.1) is 0 Å². The maximum Gasteiger partial charge on any atom is -0.00928 e. The second-order valence-electron chi connectivity index (χ2n) is 11.0. The van der Waals surface area contributed by atoms with E-state index in [-0.39, 0.29) is 0 Å². The molecule has 0 saturated heterocycles. The van der Waals surface area contributed by atoms with Gasteiger partial charge >= 0.3 is 0 Å². The Kier molecular flexibility index (Phi) is 5.90. The molecule has 0 unspecified atom stereocenters. The van der Waals surface area contributed by atoms with E-state index < -0.39 is 0 Å². The summed E-state index contributed by atoms with van der Waals surface area (Å²) >= 11 is 0. The zero-order valence-electron chi connectivity index (χ0n) is 23.2. The molecule has 196 valence electrons. The third-order valence-corrected chi connectivity index (χ3v) is 8.44. The van der Waals surface area contributed by atoms with Gasteiger partial charge in [0.15, 0.2) is 0 Å². The van der Waals surface area contributed by atoms with Crippen LogP contribution in [0.3, 0.4) is 0 Å². The molecule has 0 aliphatic heterocycles. The number of fused-ring (bicyclic) bond motifs is 6. The standard InChI is InChI=1S/C42H28/c1-3-11-29(12-4-1)31-15-9-17-33(25-31)35-21-23-39-40-24-22-36(28-42(40)38-20-8-7-19-37(38)41(39)27-35)34-18-10-16-32(26-34)30-13-5-2-6-14-30/h1-28H. The fraction of sp³-hybridized carbons (Fsp3) is 0. The van der Waals surface area contributed by atoms with E-state index in [1.807, 2.05) is 0 Å². The Hall–Kier alpha value is -5.46. The summed E-state index contributed by atoms with van der Waals surface area (Å²) in [4.78, 5) is 0. The predicted octanol–water partition coefficient (Wildman–Crippen LogP) is 11.8. The van der Waals surface area contributed by atoms with E-state index in [0.29, 0.717) is 0 Å². The van der Waals surface area contributed by atoms with Gasteiger partial charge in [0.25, 0.3) is 0 Å². The second kappa shape index (κ2) is 10.2. The van der Waals surface area contributed by atoms with E-state index in [1.54, 1.807) is 0 Å². The minimum absolute atomic E-state index is 1.23. The van der Waals surface area contributed by atoms with Gasteiger partial charge in [0.2, 0.25) is 0 Å². The molecule has 0 aliphatic carbocycles. The highest BCUT2D eigenvalue weighted by molar-refractivity contribution is 6.26. The minimum Gasteiger partial charge on any atom is -0.0622 e. The first-order valence-corrected chi connectivity index (χ1v) is 14.5. The largest absolute Gasteiger partial charge is 0.0622 e. The van der Waals surface area contributed by atoms with Crippen molar-refractivity contribution in [1.82, 2.24) is 0 Å². The van der Waals surface area contributed by atoms with E-state index in [0.717, 1.165) is 0 Å². The van der Waals surface area contributed by atoms with Crippen LogP contribution < -0.4 is 0 Å². The Morgan fingerprint density at radius 2 is 0.476 bits per heavy atom. The van der Waals surface area contributed by atoms with Crippen molar-refractivity contribution >= 4 is 32.3 Å². The fourth-order valence-corrected chi connectivity index (χ4v) is 6.33. The lowest BCUT2D eigenvalue weighted by Crippen LogP contribution is -1.87. The first-order valence-electron chi connectivity index (χ1n) is 14.5. The predicted molar refractivity (Wildman–Crippen MR) is 181 cm³/mol. The molecule has 8 rings (SSSR count). The molecule has 0 amide bonds. The molecule has 0 nitrogen and oxygen atoms in total. The highest BCUT2D eigenvalue weighted by Crippen LogP contribution is 2.39. The molecule has 0 atom stereocenters. The van der Waals surface area contributed by atoms with Crippen molar-refractivity contribution in [1.29, 1.82) is 0 Å². The lowest BCUT2D eigenvalue weighted by Gasteiger charge is -2.14. The Bertz CT molecular complexity index is 2040. The topological polar surface area (TPSA) is 0 Å². The summed E-state index contributed by atoms with van der Waals surface area (Å²) in [6.07, 6.45) is 0. The van der Waals surface area contributed by atoms with Crippen molar-refractivity contribution in [2.45, 2.75) is 0 Å². The molecule has 0 radical (unpaired) electrons. The zero-order chi connectivity index (χ0) is 27.9. The molecule has 0 heterocycles. The second-order valence-corrected chi connectivity index (χ2v) is 11.0. The van der Waals surface area contributed by atoms with E-state index in [4.69, 9.17) is 0 Å². The van der Waals surface area contributed by atoms with Crippen LogP contribution in [0.5, 0.6) is 0 Å². The molecule has 0 bridgehead atoms. The molecule has 0 spiro atoms. The van der Waals surface area contributed by atoms with Gasteiger partial charge in [-0.05, 0) is 101 Å². The van der Waals surface area contributed by atoms with Gasteiger partial charge in [-0.1, -0.05) is 146 Å². The van der Waals surface area contributed by atoms with E-state index in [9.17, 15) is 0 Å². The first kappa shape index (κ1) is 24.3. The van der Waals surface area contributed by atoms with Gasteiger partial charge in [-0.15, -0.1) is 0 Å². The van der Waals surface area contributed by atoms with Gasteiger partial charge in [-0.25, -0.2) is 0 Å². The highest BCUT2D eigenvalue weighted by Gasteiger charge is 2.12. The van der Waals surface area contributed by atoms with E-state index >= 15 is 0 Å². The average Bonchev–Trinajstić information content (AvgIpc) is 3.09. The molecule has 8 aromatic rings. The number of rotatable bonds is 4. The SMILES string of the molecule is c1ccc(-c2cccc(-c3ccc4c5ccc(-c6cccc(-c7ccccc7)c6)cc5c5ccccc5c4c3)c2)cc1. The normalized spacial score (nSPS) is 11.3. The number of benzene rings is 8. The molecular formula is C42H28. The molecule has 42 heavy (non-hydrogen) atoms. The Balaban J connectivity index is 1.28. The molecule has 0 aliphatic rings. The fourth-order valence-electron chi connectivity index (χ4n) is 6.33. The summed E-state index contributed by atoms with van der Waals surface area (Å²) in [5.41, 5.74) is 9.88. The van der Waals surface area contributed by atoms with Crippen molar-refractivity contribution < 1.29 is 0 Å². The summed E-state index contributed by atoms with van der Waals surface area (Å²) in [6.45, 7) is 0. The molecule has 0 aromatic heterocycles. The van der Waals surface area contributed by atoms with Gasteiger partial charge in [-0.3, -0.25) is 0 Å². The van der Waals surface area contributed by atoms with Crippen molar-refractivity contribution in [2.75, 3.05) is 0 Å². The Morgan fingerprint density at radius 1 is 0.167 bits per heavy atom. The van der Waals surface area contributed by atoms with Crippen LogP contribution in [0.4, 0.5) is 0 Å².